The predicted octanol–water partition coefficient (Wildman–Crippen LogP) is 2.94. The molecule has 1 aromatic heterocycles. The Balaban J connectivity index is 1.73. The van der Waals surface area contributed by atoms with Crippen molar-refractivity contribution in [3.63, 3.8) is 0 Å². The summed E-state index contributed by atoms with van der Waals surface area (Å²) in [6.45, 7) is 0. The van der Waals surface area contributed by atoms with Crippen LogP contribution in [0.4, 0.5) is 0 Å². The van der Waals surface area contributed by atoms with Crippen molar-refractivity contribution in [3.8, 4) is 5.75 Å². The summed E-state index contributed by atoms with van der Waals surface area (Å²) < 4.78 is 5.32. The van der Waals surface area contributed by atoms with E-state index >= 15 is 0 Å². The van der Waals surface area contributed by atoms with Gasteiger partial charge < -0.3 is 14.9 Å². The fourth-order valence-corrected chi connectivity index (χ4v) is 2.88. The van der Waals surface area contributed by atoms with Crippen LogP contribution in [0, 0.1) is 0 Å². The zero-order valence-corrected chi connectivity index (χ0v) is 12.2. The van der Waals surface area contributed by atoms with E-state index in [4.69, 9.17) is 4.42 Å². The first-order valence-corrected chi connectivity index (χ1v) is 7.36. The summed E-state index contributed by atoms with van der Waals surface area (Å²) in [7, 11) is 0. The number of fused-ring (bicyclic) bond motifs is 1. The number of aromatic hydroxyl groups is 1. The molecule has 0 spiro atoms. The Morgan fingerprint density at radius 2 is 1.83 bits per heavy atom. The molecule has 0 fully saturated rings. The van der Waals surface area contributed by atoms with Gasteiger partial charge in [-0.15, -0.1) is 0 Å². The molecule has 0 radical (unpaired) electrons. The minimum Gasteiger partial charge on any atom is -0.507 e. The maximum absolute atomic E-state index is 12.3. The quantitative estimate of drug-likeness (QED) is 0.714. The third-order valence-electron chi connectivity index (χ3n) is 4.03. The summed E-state index contributed by atoms with van der Waals surface area (Å²) in [6, 6.07) is 16.3. The lowest BCUT2D eigenvalue weighted by Crippen LogP contribution is -2.19. The Bertz CT molecular complexity index is 961. The van der Waals surface area contributed by atoms with Crippen LogP contribution in [0.3, 0.4) is 0 Å². The maximum atomic E-state index is 12.3. The Hall–Kier alpha value is -3.08. The highest BCUT2D eigenvalue weighted by molar-refractivity contribution is 6.02. The zero-order chi connectivity index (χ0) is 15.8. The average Bonchev–Trinajstić information content (AvgIpc) is 3.05. The minimum absolute atomic E-state index is 0.0427. The third-order valence-corrected chi connectivity index (χ3v) is 4.03. The first kappa shape index (κ1) is 13.6. The van der Waals surface area contributed by atoms with Crippen LogP contribution in [0.25, 0.3) is 11.0 Å². The van der Waals surface area contributed by atoms with Gasteiger partial charge in [0.05, 0.1) is 17.1 Å². The second kappa shape index (κ2) is 5.28. The number of nitrogens with zero attached hydrogens (tertiary/aromatic N) is 1. The molecule has 5 heteroatoms. The predicted molar refractivity (Wildman–Crippen MR) is 87.6 cm³/mol. The topological polar surface area (TPSA) is 74.8 Å². The number of nitrogens with one attached hydrogen (secondary N) is 1. The van der Waals surface area contributed by atoms with Crippen LogP contribution in [0.2, 0.25) is 0 Å². The first-order chi connectivity index (χ1) is 11.2. The number of hydrogen-bond donors (Lipinski definition) is 2. The smallest absolute Gasteiger partial charge is 0.345 e. The Morgan fingerprint density at radius 1 is 1.09 bits per heavy atom. The number of hydrogen-bond acceptors (Lipinski definition) is 5. The number of para-hydroxylation sites is 1. The highest BCUT2D eigenvalue weighted by Crippen LogP contribution is 2.33. The lowest BCUT2D eigenvalue weighted by Gasteiger charge is -2.12. The lowest BCUT2D eigenvalue weighted by molar-refractivity contribution is 0.438. The molecule has 1 aliphatic heterocycles. The normalized spacial score (nSPS) is 17.0. The highest BCUT2D eigenvalue weighted by Gasteiger charge is 2.28. The van der Waals surface area contributed by atoms with Gasteiger partial charge in [-0.25, -0.2) is 4.79 Å². The van der Waals surface area contributed by atoms with Gasteiger partial charge in [0.25, 0.3) is 0 Å². The lowest BCUT2D eigenvalue weighted by atomic mass is 9.98. The fourth-order valence-electron chi connectivity index (χ4n) is 2.88. The van der Waals surface area contributed by atoms with Gasteiger partial charge in [-0.1, -0.05) is 42.5 Å². The molecule has 0 saturated carbocycles. The van der Waals surface area contributed by atoms with Crippen molar-refractivity contribution in [1.29, 1.82) is 0 Å². The highest BCUT2D eigenvalue weighted by atomic mass is 16.4. The standard InChI is InChI=1S/C18H14N2O3/c21-17-12-8-4-5-9-15(12)23-18(22)16(17)14-10-13(19-20-14)11-6-2-1-3-7-11/h1-9,14,20-21H,10H2. The summed E-state index contributed by atoms with van der Waals surface area (Å²) >= 11 is 0. The van der Waals surface area contributed by atoms with Gasteiger partial charge in [0.15, 0.2) is 0 Å². The largest absolute Gasteiger partial charge is 0.507 e. The molecule has 1 unspecified atom stereocenters. The molecule has 0 bridgehead atoms. The van der Waals surface area contributed by atoms with E-state index in [0.717, 1.165) is 11.3 Å². The molecular formula is C18H14N2O3. The molecule has 0 saturated heterocycles. The van der Waals surface area contributed by atoms with Crippen LogP contribution in [0.1, 0.15) is 23.6 Å². The Morgan fingerprint density at radius 3 is 2.65 bits per heavy atom. The van der Waals surface area contributed by atoms with E-state index in [1.165, 1.54) is 0 Å². The molecule has 2 N–H and O–H groups in total. The van der Waals surface area contributed by atoms with Gasteiger partial charge in [-0.05, 0) is 17.7 Å². The van der Waals surface area contributed by atoms with Crippen LogP contribution < -0.4 is 11.1 Å². The first-order valence-electron chi connectivity index (χ1n) is 7.36. The second-order valence-electron chi connectivity index (χ2n) is 5.46. The molecule has 2 heterocycles. The zero-order valence-electron chi connectivity index (χ0n) is 12.2. The van der Waals surface area contributed by atoms with Gasteiger partial charge >= 0.3 is 5.63 Å². The van der Waals surface area contributed by atoms with E-state index in [2.05, 4.69) is 10.5 Å². The van der Waals surface area contributed by atoms with Crippen LogP contribution >= 0.6 is 0 Å². The van der Waals surface area contributed by atoms with E-state index in [1.807, 2.05) is 30.3 Å². The summed E-state index contributed by atoms with van der Waals surface area (Å²) in [4.78, 5) is 12.3. The molecule has 23 heavy (non-hydrogen) atoms. The van der Waals surface area contributed by atoms with E-state index in [9.17, 15) is 9.90 Å². The number of hydrazone groups is 1. The summed E-state index contributed by atoms with van der Waals surface area (Å²) in [5, 5.41) is 15.3. The van der Waals surface area contributed by atoms with Crippen molar-refractivity contribution in [2.75, 3.05) is 0 Å². The average molecular weight is 306 g/mol. The molecule has 2 aromatic carbocycles. The van der Waals surface area contributed by atoms with Crippen molar-refractivity contribution in [2.45, 2.75) is 12.5 Å². The minimum atomic E-state index is -0.539. The van der Waals surface area contributed by atoms with Crippen LogP contribution in [-0.4, -0.2) is 10.8 Å². The molecule has 3 aromatic rings. The molecule has 5 nitrogen and oxygen atoms in total. The second-order valence-corrected chi connectivity index (χ2v) is 5.46. The van der Waals surface area contributed by atoms with Crippen LogP contribution in [0.15, 0.2) is 68.9 Å². The van der Waals surface area contributed by atoms with Crippen LogP contribution in [0.5, 0.6) is 5.75 Å². The van der Waals surface area contributed by atoms with E-state index < -0.39 is 11.7 Å². The molecule has 0 aliphatic carbocycles. The number of rotatable bonds is 2. The maximum Gasteiger partial charge on any atom is 0.345 e. The summed E-state index contributed by atoms with van der Waals surface area (Å²) in [5.74, 6) is -0.0427. The van der Waals surface area contributed by atoms with Gasteiger partial charge in [-0.2, -0.15) is 5.10 Å². The van der Waals surface area contributed by atoms with E-state index in [1.54, 1.807) is 24.3 Å². The van der Waals surface area contributed by atoms with Gasteiger partial charge in [0.2, 0.25) is 0 Å². The van der Waals surface area contributed by atoms with Gasteiger partial charge in [0.1, 0.15) is 16.9 Å². The SMILES string of the molecule is O=c1oc2ccccc2c(O)c1C1CC(c2ccccc2)=NN1. The van der Waals surface area contributed by atoms with Crippen molar-refractivity contribution in [2.24, 2.45) is 5.10 Å². The monoisotopic (exact) mass is 306 g/mol. The molecule has 1 atom stereocenters. The van der Waals surface area contributed by atoms with Crippen molar-refractivity contribution in [1.82, 2.24) is 5.43 Å². The third kappa shape index (κ3) is 2.26. The summed E-state index contributed by atoms with van der Waals surface area (Å²) in [5.41, 5.74) is 4.84. The molecule has 4 rings (SSSR count). The van der Waals surface area contributed by atoms with E-state index in [-0.39, 0.29) is 11.3 Å². The molecule has 0 amide bonds. The Labute approximate surface area is 131 Å². The Kier molecular flexibility index (Phi) is 3.12. The molecular weight excluding hydrogens is 292 g/mol. The van der Waals surface area contributed by atoms with Crippen molar-refractivity contribution in [3.05, 3.63) is 76.1 Å². The van der Waals surface area contributed by atoms with Crippen LogP contribution in [-0.2, 0) is 0 Å². The molecule has 1 aliphatic rings. The van der Waals surface area contributed by atoms with E-state index in [0.29, 0.717) is 17.4 Å². The molecule has 114 valence electrons. The summed E-state index contributed by atoms with van der Waals surface area (Å²) in [6.07, 6.45) is 0.515. The van der Waals surface area contributed by atoms with Gasteiger partial charge in [-0.3, -0.25) is 0 Å². The fraction of sp³-hybridized carbons (Fsp3) is 0.111. The van der Waals surface area contributed by atoms with Crippen molar-refractivity contribution >= 4 is 16.7 Å². The van der Waals surface area contributed by atoms with Gasteiger partial charge in [0, 0.05) is 6.42 Å². The number of benzene rings is 2. The van der Waals surface area contributed by atoms with Crippen molar-refractivity contribution < 1.29 is 9.52 Å².